The molecule has 0 unspecified atom stereocenters. The number of rotatable bonds is 10. The molecule has 0 radical (unpaired) electrons. The molecule has 17 heavy (non-hydrogen) atoms. The van der Waals surface area contributed by atoms with Crippen LogP contribution in [0.3, 0.4) is 0 Å². The minimum atomic E-state index is -0.338. The molecule has 0 aliphatic carbocycles. The topological polar surface area (TPSA) is 52.9 Å². The van der Waals surface area contributed by atoms with Crippen LogP contribution in [0.2, 0.25) is 0 Å². The van der Waals surface area contributed by atoms with E-state index in [4.69, 9.17) is 5.26 Å². The van der Waals surface area contributed by atoms with E-state index in [1.165, 1.54) is 38.5 Å². The van der Waals surface area contributed by atoms with Gasteiger partial charge in [0.1, 0.15) is 11.6 Å². The quantitative estimate of drug-likeness (QED) is 0.359. The Bertz CT molecular complexity index is 266. The van der Waals surface area contributed by atoms with Crippen molar-refractivity contribution in [2.45, 2.75) is 58.3 Å². The Kier molecular flexibility index (Phi) is 10.3. The van der Waals surface area contributed by atoms with E-state index < -0.39 is 0 Å². The number of unbranched alkanes of at least 4 members (excludes halogenated alkanes) is 7. The molecule has 0 aliphatic rings. The van der Waals surface area contributed by atoms with Gasteiger partial charge in [-0.15, -0.1) is 0 Å². The Morgan fingerprint density at radius 3 is 2.18 bits per heavy atom. The largest absolute Gasteiger partial charge is 0.351 e. The molecule has 1 N–H and O–H groups in total. The standard InChI is InChI=1S/C14H24N2O/c1-3-4-5-6-7-8-9-10-11-16-14(17)13(2)12-15/h2-11H2,1H3,(H,16,17). The molecule has 0 spiro atoms. The summed E-state index contributed by atoms with van der Waals surface area (Å²) in [5, 5.41) is 11.1. The van der Waals surface area contributed by atoms with Gasteiger partial charge in [-0.2, -0.15) is 5.26 Å². The SMILES string of the molecule is C=C(C#N)C(=O)NCCCCCCCCCC. The fourth-order valence-corrected chi connectivity index (χ4v) is 1.62. The highest BCUT2D eigenvalue weighted by Gasteiger charge is 2.03. The molecule has 0 aromatic rings. The maximum absolute atomic E-state index is 11.1. The van der Waals surface area contributed by atoms with Gasteiger partial charge in [-0.05, 0) is 6.42 Å². The van der Waals surface area contributed by atoms with E-state index in [0.29, 0.717) is 6.54 Å². The van der Waals surface area contributed by atoms with Crippen LogP contribution in [0.1, 0.15) is 58.3 Å². The summed E-state index contributed by atoms with van der Waals surface area (Å²) in [6.45, 7) is 6.22. The fourth-order valence-electron chi connectivity index (χ4n) is 1.62. The fraction of sp³-hybridized carbons (Fsp3) is 0.714. The van der Waals surface area contributed by atoms with Crippen molar-refractivity contribution in [2.75, 3.05) is 6.54 Å². The van der Waals surface area contributed by atoms with Gasteiger partial charge in [-0.3, -0.25) is 4.79 Å². The highest BCUT2D eigenvalue weighted by atomic mass is 16.1. The van der Waals surface area contributed by atoms with Gasteiger partial charge in [-0.25, -0.2) is 0 Å². The maximum atomic E-state index is 11.1. The lowest BCUT2D eigenvalue weighted by molar-refractivity contribution is -0.117. The number of amides is 1. The van der Waals surface area contributed by atoms with Crippen molar-refractivity contribution < 1.29 is 4.79 Å². The normalized spacial score (nSPS) is 9.65. The van der Waals surface area contributed by atoms with Gasteiger partial charge in [0, 0.05) is 6.54 Å². The zero-order valence-corrected chi connectivity index (χ0v) is 10.9. The molecule has 0 aliphatic heterocycles. The third kappa shape index (κ3) is 9.62. The van der Waals surface area contributed by atoms with E-state index >= 15 is 0 Å². The molecule has 0 bridgehead atoms. The minimum Gasteiger partial charge on any atom is -0.351 e. The first-order valence-corrected chi connectivity index (χ1v) is 6.59. The minimum absolute atomic E-state index is 0.00966. The second-order valence-electron chi connectivity index (χ2n) is 4.32. The summed E-state index contributed by atoms with van der Waals surface area (Å²) in [7, 11) is 0. The Labute approximate surface area is 105 Å². The van der Waals surface area contributed by atoms with E-state index in [0.717, 1.165) is 12.8 Å². The second-order valence-corrected chi connectivity index (χ2v) is 4.32. The molecule has 0 saturated heterocycles. The second kappa shape index (κ2) is 11.2. The van der Waals surface area contributed by atoms with Crippen molar-refractivity contribution in [1.29, 1.82) is 5.26 Å². The van der Waals surface area contributed by atoms with Gasteiger partial charge in [0.15, 0.2) is 0 Å². The smallest absolute Gasteiger partial charge is 0.261 e. The molecular weight excluding hydrogens is 212 g/mol. The zero-order chi connectivity index (χ0) is 12.9. The molecular formula is C14H24N2O. The first-order valence-electron chi connectivity index (χ1n) is 6.59. The third-order valence-corrected chi connectivity index (χ3v) is 2.72. The van der Waals surface area contributed by atoms with Gasteiger partial charge < -0.3 is 5.32 Å². The van der Waals surface area contributed by atoms with Crippen LogP contribution in [0.4, 0.5) is 0 Å². The summed E-state index contributed by atoms with van der Waals surface area (Å²) < 4.78 is 0. The van der Waals surface area contributed by atoms with E-state index in [2.05, 4.69) is 18.8 Å². The Morgan fingerprint density at radius 1 is 1.12 bits per heavy atom. The summed E-state index contributed by atoms with van der Waals surface area (Å²) >= 11 is 0. The molecule has 0 saturated carbocycles. The summed E-state index contributed by atoms with van der Waals surface area (Å²) in [5.74, 6) is -0.338. The maximum Gasteiger partial charge on any atom is 0.261 e. The molecule has 0 aromatic carbocycles. The number of nitrogens with zero attached hydrogens (tertiary/aromatic N) is 1. The third-order valence-electron chi connectivity index (χ3n) is 2.72. The van der Waals surface area contributed by atoms with Crippen LogP contribution in [0.15, 0.2) is 12.2 Å². The van der Waals surface area contributed by atoms with Crippen LogP contribution >= 0.6 is 0 Å². The van der Waals surface area contributed by atoms with Crippen LogP contribution in [0.5, 0.6) is 0 Å². The van der Waals surface area contributed by atoms with Gasteiger partial charge >= 0.3 is 0 Å². The van der Waals surface area contributed by atoms with Crippen LogP contribution in [0.25, 0.3) is 0 Å². The van der Waals surface area contributed by atoms with Crippen molar-refractivity contribution in [2.24, 2.45) is 0 Å². The van der Waals surface area contributed by atoms with E-state index in [1.54, 1.807) is 6.07 Å². The Hall–Kier alpha value is -1.30. The molecule has 0 atom stereocenters. The lowest BCUT2D eigenvalue weighted by atomic mass is 10.1. The number of hydrogen-bond acceptors (Lipinski definition) is 2. The molecule has 1 amide bonds. The lowest BCUT2D eigenvalue weighted by Gasteiger charge is -2.03. The number of nitrogens with one attached hydrogen (secondary N) is 1. The summed E-state index contributed by atoms with van der Waals surface area (Å²) in [4.78, 5) is 11.1. The van der Waals surface area contributed by atoms with Gasteiger partial charge in [0.2, 0.25) is 0 Å². The molecule has 3 heteroatoms. The Balaban J connectivity index is 3.22. The summed E-state index contributed by atoms with van der Waals surface area (Å²) in [6.07, 6.45) is 9.95. The predicted octanol–water partition coefficient (Wildman–Crippen LogP) is 3.32. The van der Waals surface area contributed by atoms with E-state index in [9.17, 15) is 4.79 Å². The monoisotopic (exact) mass is 236 g/mol. The van der Waals surface area contributed by atoms with Crippen molar-refractivity contribution in [3.8, 4) is 6.07 Å². The lowest BCUT2D eigenvalue weighted by Crippen LogP contribution is -2.25. The molecule has 0 aromatic heterocycles. The van der Waals surface area contributed by atoms with Crippen molar-refractivity contribution >= 4 is 5.91 Å². The molecule has 0 rings (SSSR count). The van der Waals surface area contributed by atoms with Crippen molar-refractivity contribution in [3.63, 3.8) is 0 Å². The van der Waals surface area contributed by atoms with Crippen molar-refractivity contribution in [3.05, 3.63) is 12.2 Å². The van der Waals surface area contributed by atoms with Crippen LogP contribution in [-0.2, 0) is 4.79 Å². The first-order chi connectivity index (χ1) is 8.22. The number of nitriles is 1. The number of carbonyl (C=O) groups excluding carboxylic acids is 1. The zero-order valence-electron chi connectivity index (χ0n) is 10.9. The Morgan fingerprint density at radius 2 is 1.65 bits per heavy atom. The molecule has 0 fully saturated rings. The highest BCUT2D eigenvalue weighted by molar-refractivity contribution is 5.96. The predicted molar refractivity (Wildman–Crippen MR) is 70.4 cm³/mol. The number of hydrogen-bond donors (Lipinski definition) is 1. The van der Waals surface area contributed by atoms with Gasteiger partial charge in [0.05, 0.1) is 0 Å². The summed E-state index contributed by atoms with van der Waals surface area (Å²) in [6, 6.07) is 1.74. The molecule has 0 heterocycles. The first kappa shape index (κ1) is 15.7. The van der Waals surface area contributed by atoms with Crippen LogP contribution in [-0.4, -0.2) is 12.5 Å². The average molecular weight is 236 g/mol. The van der Waals surface area contributed by atoms with Crippen LogP contribution < -0.4 is 5.32 Å². The highest BCUT2D eigenvalue weighted by Crippen LogP contribution is 2.07. The molecule has 96 valence electrons. The summed E-state index contributed by atoms with van der Waals surface area (Å²) in [5.41, 5.74) is -0.00966. The van der Waals surface area contributed by atoms with E-state index in [-0.39, 0.29) is 11.5 Å². The van der Waals surface area contributed by atoms with E-state index in [1.807, 2.05) is 0 Å². The van der Waals surface area contributed by atoms with Gasteiger partial charge in [-0.1, -0.05) is 58.4 Å². The van der Waals surface area contributed by atoms with Gasteiger partial charge in [0.25, 0.3) is 5.91 Å². The van der Waals surface area contributed by atoms with Crippen molar-refractivity contribution in [1.82, 2.24) is 5.32 Å². The number of carbonyl (C=O) groups is 1. The molecule has 3 nitrogen and oxygen atoms in total. The average Bonchev–Trinajstić information content (AvgIpc) is 2.35. The van der Waals surface area contributed by atoms with Crippen LogP contribution in [0, 0.1) is 11.3 Å².